The van der Waals surface area contributed by atoms with Crippen LogP contribution in [0.4, 0.5) is 8.78 Å². The third-order valence-electron chi connectivity index (χ3n) is 5.10. The number of fused-ring (bicyclic) bond motifs is 1. The van der Waals surface area contributed by atoms with E-state index in [4.69, 9.17) is 4.74 Å². The minimum Gasteiger partial charge on any atom is -0.496 e. The second-order valence-electron chi connectivity index (χ2n) is 7.24. The Morgan fingerprint density at radius 3 is 2.12 bits per heavy atom. The Morgan fingerprint density at radius 2 is 1.53 bits per heavy atom. The number of imide groups is 1. The number of benzene rings is 3. The number of halogens is 2. The minimum atomic E-state index is -0.741. The van der Waals surface area contributed by atoms with Gasteiger partial charge in [0.05, 0.1) is 30.3 Å². The maximum absolute atomic E-state index is 13.4. The van der Waals surface area contributed by atoms with Crippen LogP contribution in [0.3, 0.4) is 0 Å². The number of hydrogen-bond donors (Lipinski definition) is 1. The van der Waals surface area contributed by atoms with Crippen molar-refractivity contribution in [3.05, 3.63) is 100 Å². The van der Waals surface area contributed by atoms with E-state index in [1.165, 1.54) is 13.2 Å². The lowest BCUT2D eigenvalue weighted by molar-refractivity contribution is 0.0642. The summed E-state index contributed by atoms with van der Waals surface area (Å²) < 4.78 is 32.0. The van der Waals surface area contributed by atoms with E-state index in [0.29, 0.717) is 16.7 Å². The normalized spacial score (nSPS) is 12.7. The fourth-order valence-corrected chi connectivity index (χ4v) is 3.59. The van der Waals surface area contributed by atoms with Crippen molar-refractivity contribution in [2.75, 3.05) is 7.11 Å². The molecule has 1 N–H and O–H groups in total. The Balaban J connectivity index is 1.53. The zero-order valence-corrected chi connectivity index (χ0v) is 17.0. The molecule has 0 fully saturated rings. The van der Waals surface area contributed by atoms with Crippen molar-refractivity contribution in [3.8, 4) is 5.75 Å². The van der Waals surface area contributed by atoms with Crippen LogP contribution >= 0.6 is 0 Å². The molecule has 0 saturated carbocycles. The quantitative estimate of drug-likeness (QED) is 0.598. The van der Waals surface area contributed by atoms with E-state index in [9.17, 15) is 23.2 Å². The highest BCUT2D eigenvalue weighted by Gasteiger charge is 2.35. The molecule has 0 saturated heterocycles. The molecule has 3 amide bonds. The molecule has 6 nitrogen and oxygen atoms in total. The van der Waals surface area contributed by atoms with Crippen LogP contribution in [0.2, 0.25) is 0 Å². The van der Waals surface area contributed by atoms with Gasteiger partial charge in [0.25, 0.3) is 17.7 Å². The molecule has 1 aliphatic heterocycles. The zero-order valence-electron chi connectivity index (χ0n) is 17.0. The Labute approximate surface area is 182 Å². The molecule has 0 bridgehead atoms. The summed E-state index contributed by atoms with van der Waals surface area (Å²) in [5, 5.41) is 2.60. The van der Waals surface area contributed by atoms with Gasteiger partial charge in [-0.15, -0.1) is 0 Å². The van der Waals surface area contributed by atoms with Gasteiger partial charge in [-0.3, -0.25) is 19.3 Å². The van der Waals surface area contributed by atoms with Gasteiger partial charge in [-0.1, -0.05) is 18.2 Å². The molecule has 162 valence electrons. The maximum Gasteiger partial charge on any atom is 0.261 e. The molecule has 3 aromatic rings. The second kappa shape index (κ2) is 8.58. The highest BCUT2D eigenvalue weighted by atomic mass is 19.1. The van der Waals surface area contributed by atoms with Gasteiger partial charge in [0, 0.05) is 12.6 Å². The fourth-order valence-electron chi connectivity index (χ4n) is 3.59. The van der Waals surface area contributed by atoms with Gasteiger partial charge in [-0.05, 0) is 47.5 Å². The van der Waals surface area contributed by atoms with Crippen LogP contribution in [0.25, 0.3) is 0 Å². The molecule has 32 heavy (non-hydrogen) atoms. The smallest absolute Gasteiger partial charge is 0.261 e. The summed E-state index contributed by atoms with van der Waals surface area (Å²) in [6.45, 7) is -0.120. The topological polar surface area (TPSA) is 75.7 Å². The van der Waals surface area contributed by atoms with Crippen molar-refractivity contribution in [1.29, 1.82) is 0 Å². The lowest BCUT2D eigenvalue weighted by Crippen LogP contribution is -2.29. The molecular formula is C24H18F2N2O4. The Bertz CT molecular complexity index is 1190. The van der Waals surface area contributed by atoms with Gasteiger partial charge in [0.2, 0.25) is 0 Å². The Morgan fingerprint density at radius 1 is 0.906 bits per heavy atom. The van der Waals surface area contributed by atoms with Crippen molar-refractivity contribution in [2.24, 2.45) is 0 Å². The predicted molar refractivity (Wildman–Crippen MR) is 111 cm³/mol. The summed E-state index contributed by atoms with van der Waals surface area (Å²) >= 11 is 0. The molecule has 0 atom stereocenters. The minimum absolute atomic E-state index is 0.0221. The van der Waals surface area contributed by atoms with Gasteiger partial charge in [-0.2, -0.15) is 0 Å². The van der Waals surface area contributed by atoms with Crippen molar-refractivity contribution >= 4 is 17.7 Å². The first kappa shape index (κ1) is 21.2. The first-order chi connectivity index (χ1) is 15.4. The maximum atomic E-state index is 13.4. The standard InChI is InChI=1S/C24H18F2N2O4/c1-32-21-7-6-14(13-28-23(30)18-4-2-3-5-19(18)24(28)31)10-20(21)22(29)27-12-15-8-16(25)11-17(26)9-15/h2-11H,12-13H2,1H3,(H,27,29). The molecule has 3 aromatic carbocycles. The van der Waals surface area contributed by atoms with Gasteiger partial charge < -0.3 is 10.1 Å². The highest BCUT2D eigenvalue weighted by Crippen LogP contribution is 2.26. The van der Waals surface area contributed by atoms with Crippen molar-refractivity contribution in [3.63, 3.8) is 0 Å². The van der Waals surface area contributed by atoms with Crippen LogP contribution in [-0.2, 0) is 13.1 Å². The van der Waals surface area contributed by atoms with E-state index in [-0.39, 0.29) is 30.0 Å². The van der Waals surface area contributed by atoms with Crippen LogP contribution in [-0.4, -0.2) is 29.7 Å². The third-order valence-corrected chi connectivity index (χ3v) is 5.10. The first-order valence-electron chi connectivity index (χ1n) is 9.72. The van der Waals surface area contributed by atoms with E-state index in [0.717, 1.165) is 23.1 Å². The van der Waals surface area contributed by atoms with Gasteiger partial charge in [-0.25, -0.2) is 8.78 Å². The molecule has 0 radical (unpaired) electrons. The molecule has 0 aromatic heterocycles. The number of hydrogen-bond acceptors (Lipinski definition) is 4. The van der Waals surface area contributed by atoms with Crippen LogP contribution < -0.4 is 10.1 Å². The number of methoxy groups -OCH3 is 1. The van der Waals surface area contributed by atoms with E-state index in [2.05, 4.69) is 5.32 Å². The van der Waals surface area contributed by atoms with Crippen molar-refractivity contribution in [2.45, 2.75) is 13.1 Å². The average Bonchev–Trinajstić information content (AvgIpc) is 3.02. The largest absolute Gasteiger partial charge is 0.496 e. The molecular weight excluding hydrogens is 418 g/mol. The number of nitrogens with zero attached hydrogens (tertiary/aromatic N) is 1. The predicted octanol–water partition coefficient (Wildman–Crippen LogP) is 3.70. The Hall–Kier alpha value is -4.07. The Kier molecular flexibility index (Phi) is 5.68. The SMILES string of the molecule is COc1ccc(CN2C(=O)c3ccccc3C2=O)cc1C(=O)NCc1cc(F)cc(F)c1. The second-order valence-corrected chi connectivity index (χ2v) is 7.24. The molecule has 0 spiro atoms. The van der Waals surface area contributed by atoms with E-state index < -0.39 is 29.4 Å². The summed E-state index contributed by atoms with van der Waals surface area (Å²) in [7, 11) is 1.40. The van der Waals surface area contributed by atoms with Crippen molar-refractivity contribution < 1.29 is 27.9 Å². The lowest BCUT2D eigenvalue weighted by Gasteiger charge is -2.16. The number of rotatable bonds is 6. The van der Waals surface area contributed by atoms with Crippen LogP contribution in [0.1, 0.15) is 42.2 Å². The van der Waals surface area contributed by atoms with E-state index in [1.54, 1.807) is 36.4 Å². The van der Waals surface area contributed by atoms with E-state index >= 15 is 0 Å². The van der Waals surface area contributed by atoms with Crippen molar-refractivity contribution in [1.82, 2.24) is 10.2 Å². The number of nitrogens with one attached hydrogen (secondary N) is 1. The first-order valence-corrected chi connectivity index (χ1v) is 9.72. The summed E-state index contributed by atoms with van der Waals surface area (Å²) in [5.74, 6) is -2.54. The monoisotopic (exact) mass is 436 g/mol. The molecule has 0 unspecified atom stereocenters. The highest BCUT2D eigenvalue weighted by molar-refractivity contribution is 6.21. The molecule has 4 rings (SSSR count). The number of ether oxygens (including phenoxy) is 1. The number of amides is 3. The average molecular weight is 436 g/mol. The molecule has 8 heteroatoms. The van der Waals surface area contributed by atoms with Gasteiger partial charge in [0.1, 0.15) is 17.4 Å². The third kappa shape index (κ3) is 4.07. The molecule has 0 aliphatic carbocycles. The summed E-state index contributed by atoms with van der Waals surface area (Å²) in [6.07, 6.45) is 0. The van der Waals surface area contributed by atoms with Crippen LogP contribution in [0.15, 0.2) is 60.7 Å². The molecule has 1 heterocycles. The van der Waals surface area contributed by atoms with E-state index in [1.807, 2.05) is 0 Å². The summed E-state index contributed by atoms with van der Waals surface area (Å²) in [4.78, 5) is 39.1. The molecule has 1 aliphatic rings. The van der Waals surface area contributed by atoms with Crippen LogP contribution in [0.5, 0.6) is 5.75 Å². The lowest BCUT2D eigenvalue weighted by atomic mass is 10.1. The number of carbonyl (C=O) groups excluding carboxylic acids is 3. The van der Waals surface area contributed by atoms with Gasteiger partial charge >= 0.3 is 0 Å². The summed E-state index contributed by atoms with van der Waals surface area (Å²) in [5.41, 5.74) is 1.65. The van der Waals surface area contributed by atoms with Gasteiger partial charge in [0.15, 0.2) is 0 Å². The number of carbonyl (C=O) groups is 3. The fraction of sp³-hybridized carbons (Fsp3) is 0.125. The van der Waals surface area contributed by atoms with Crippen LogP contribution in [0, 0.1) is 11.6 Å². The zero-order chi connectivity index (χ0) is 22.8. The summed E-state index contributed by atoms with van der Waals surface area (Å²) in [6, 6.07) is 14.3.